The predicted octanol–water partition coefficient (Wildman–Crippen LogP) is 4.40. The van der Waals surface area contributed by atoms with Crippen molar-refractivity contribution in [1.82, 2.24) is 0 Å². The molecule has 0 amide bonds. The molecule has 0 N–H and O–H groups in total. The SMILES string of the molecule is O=C1OC(c2ccccc2Br)=NC1=Cc1ccccc1I. The van der Waals surface area contributed by atoms with Crippen molar-refractivity contribution in [1.29, 1.82) is 0 Å². The standard InChI is InChI=1S/C16H9BrINO2/c17-12-7-3-2-6-11(12)15-19-14(16(20)21-15)9-10-5-1-4-8-13(10)18/h1-9H. The van der Waals surface area contributed by atoms with E-state index >= 15 is 0 Å². The number of ether oxygens (including phenoxy) is 1. The number of hydrogen-bond donors (Lipinski definition) is 0. The van der Waals surface area contributed by atoms with Crippen molar-refractivity contribution in [3.05, 3.63) is 73.4 Å². The molecule has 3 nitrogen and oxygen atoms in total. The molecule has 0 bridgehead atoms. The van der Waals surface area contributed by atoms with Crippen LogP contribution in [0, 0.1) is 3.57 Å². The highest BCUT2D eigenvalue weighted by atomic mass is 127. The van der Waals surface area contributed by atoms with Gasteiger partial charge in [0.25, 0.3) is 0 Å². The second kappa shape index (κ2) is 6.11. The van der Waals surface area contributed by atoms with Crippen LogP contribution in [0.25, 0.3) is 6.08 Å². The zero-order valence-corrected chi connectivity index (χ0v) is 14.5. The van der Waals surface area contributed by atoms with Crippen molar-refractivity contribution in [3.8, 4) is 0 Å². The minimum absolute atomic E-state index is 0.310. The molecule has 3 rings (SSSR count). The van der Waals surface area contributed by atoms with Crippen LogP contribution in [0.3, 0.4) is 0 Å². The lowest BCUT2D eigenvalue weighted by Gasteiger charge is -2.01. The Morgan fingerprint density at radius 3 is 2.57 bits per heavy atom. The molecule has 2 aromatic rings. The van der Waals surface area contributed by atoms with E-state index in [0.29, 0.717) is 11.6 Å². The van der Waals surface area contributed by atoms with Crippen LogP contribution in [0.2, 0.25) is 0 Å². The number of carbonyl (C=O) groups is 1. The third-order valence-corrected chi connectivity index (χ3v) is 4.60. The van der Waals surface area contributed by atoms with Crippen LogP contribution in [-0.2, 0) is 9.53 Å². The lowest BCUT2D eigenvalue weighted by Crippen LogP contribution is -2.05. The van der Waals surface area contributed by atoms with Crippen LogP contribution in [0.4, 0.5) is 0 Å². The summed E-state index contributed by atoms with van der Waals surface area (Å²) in [5.74, 6) is -0.106. The first-order valence-corrected chi connectivity index (χ1v) is 8.04. The van der Waals surface area contributed by atoms with E-state index in [1.54, 1.807) is 6.08 Å². The Labute approximate surface area is 144 Å². The van der Waals surface area contributed by atoms with Crippen LogP contribution >= 0.6 is 38.5 Å². The number of esters is 1. The molecule has 0 aromatic heterocycles. The fourth-order valence-corrected chi connectivity index (χ4v) is 2.90. The maximum atomic E-state index is 12.0. The van der Waals surface area contributed by atoms with Gasteiger partial charge in [-0.25, -0.2) is 9.79 Å². The van der Waals surface area contributed by atoms with Gasteiger partial charge in [-0.15, -0.1) is 0 Å². The van der Waals surface area contributed by atoms with Crippen molar-refractivity contribution in [2.45, 2.75) is 0 Å². The Balaban J connectivity index is 2.00. The smallest absolute Gasteiger partial charge is 0.363 e. The van der Waals surface area contributed by atoms with Crippen molar-refractivity contribution in [3.63, 3.8) is 0 Å². The highest BCUT2D eigenvalue weighted by Crippen LogP contribution is 2.24. The molecule has 21 heavy (non-hydrogen) atoms. The zero-order valence-electron chi connectivity index (χ0n) is 10.7. The van der Waals surface area contributed by atoms with Gasteiger partial charge in [-0.2, -0.15) is 0 Å². The molecular formula is C16H9BrINO2. The van der Waals surface area contributed by atoms with Gasteiger partial charge in [-0.05, 0) is 68.4 Å². The van der Waals surface area contributed by atoms with Crippen LogP contribution < -0.4 is 0 Å². The molecule has 0 radical (unpaired) electrons. The number of aliphatic imine (C=N–C) groups is 1. The Morgan fingerprint density at radius 2 is 1.81 bits per heavy atom. The molecule has 2 aromatic carbocycles. The molecule has 0 saturated heterocycles. The molecule has 0 spiro atoms. The Morgan fingerprint density at radius 1 is 1.10 bits per heavy atom. The van der Waals surface area contributed by atoms with E-state index in [9.17, 15) is 4.79 Å². The van der Waals surface area contributed by atoms with Gasteiger partial charge < -0.3 is 4.74 Å². The first-order chi connectivity index (χ1) is 10.1. The number of carbonyl (C=O) groups excluding carboxylic acids is 1. The monoisotopic (exact) mass is 453 g/mol. The van der Waals surface area contributed by atoms with E-state index in [1.807, 2.05) is 48.5 Å². The van der Waals surface area contributed by atoms with E-state index in [2.05, 4.69) is 43.5 Å². The molecule has 1 aliphatic heterocycles. The molecule has 0 atom stereocenters. The van der Waals surface area contributed by atoms with E-state index in [-0.39, 0.29) is 0 Å². The van der Waals surface area contributed by atoms with Gasteiger partial charge in [0.1, 0.15) is 0 Å². The van der Waals surface area contributed by atoms with Crippen molar-refractivity contribution >= 4 is 56.5 Å². The van der Waals surface area contributed by atoms with Crippen LogP contribution in [0.5, 0.6) is 0 Å². The highest BCUT2D eigenvalue weighted by molar-refractivity contribution is 14.1. The molecule has 0 fully saturated rings. The fraction of sp³-hybridized carbons (Fsp3) is 0. The summed E-state index contributed by atoms with van der Waals surface area (Å²) < 4.78 is 7.16. The molecule has 1 aliphatic rings. The number of cyclic esters (lactones) is 1. The molecule has 0 aliphatic carbocycles. The van der Waals surface area contributed by atoms with E-state index < -0.39 is 5.97 Å². The summed E-state index contributed by atoms with van der Waals surface area (Å²) >= 11 is 5.66. The number of nitrogens with zero attached hydrogens (tertiary/aromatic N) is 1. The van der Waals surface area contributed by atoms with E-state index in [0.717, 1.165) is 19.2 Å². The second-order valence-electron chi connectivity index (χ2n) is 4.34. The Hall–Kier alpha value is -1.47. The summed E-state index contributed by atoms with van der Waals surface area (Å²) in [5, 5.41) is 0. The first kappa shape index (κ1) is 14.5. The Kier molecular flexibility index (Phi) is 4.21. The molecular weight excluding hydrogens is 445 g/mol. The normalized spacial score (nSPS) is 16.0. The Bertz CT molecular complexity index is 783. The van der Waals surface area contributed by atoms with Gasteiger partial charge in [0.15, 0.2) is 5.70 Å². The minimum Gasteiger partial charge on any atom is -0.402 e. The minimum atomic E-state index is -0.430. The third kappa shape index (κ3) is 3.08. The summed E-state index contributed by atoms with van der Waals surface area (Å²) in [6.45, 7) is 0. The number of benzene rings is 2. The van der Waals surface area contributed by atoms with Gasteiger partial charge in [-0.1, -0.05) is 30.3 Å². The summed E-state index contributed by atoms with van der Waals surface area (Å²) in [6, 6.07) is 15.3. The number of hydrogen-bond acceptors (Lipinski definition) is 3. The molecule has 1 heterocycles. The van der Waals surface area contributed by atoms with Crippen LogP contribution in [0.15, 0.2) is 63.7 Å². The second-order valence-corrected chi connectivity index (χ2v) is 6.35. The van der Waals surface area contributed by atoms with E-state index in [1.165, 1.54) is 0 Å². The largest absolute Gasteiger partial charge is 0.402 e. The maximum absolute atomic E-state index is 12.0. The zero-order chi connectivity index (χ0) is 14.8. The van der Waals surface area contributed by atoms with Crippen molar-refractivity contribution in [2.75, 3.05) is 0 Å². The third-order valence-electron chi connectivity index (χ3n) is 2.92. The molecule has 104 valence electrons. The van der Waals surface area contributed by atoms with Crippen molar-refractivity contribution < 1.29 is 9.53 Å². The van der Waals surface area contributed by atoms with Gasteiger partial charge in [-0.3, -0.25) is 0 Å². The molecule has 0 saturated carbocycles. The maximum Gasteiger partial charge on any atom is 0.363 e. The first-order valence-electron chi connectivity index (χ1n) is 6.17. The van der Waals surface area contributed by atoms with Gasteiger partial charge in [0, 0.05) is 8.04 Å². The average molecular weight is 454 g/mol. The van der Waals surface area contributed by atoms with Gasteiger partial charge >= 0.3 is 5.97 Å². The summed E-state index contributed by atoms with van der Waals surface area (Å²) in [6.07, 6.45) is 1.74. The number of rotatable bonds is 2. The fourth-order valence-electron chi connectivity index (χ4n) is 1.90. The van der Waals surface area contributed by atoms with Crippen molar-refractivity contribution in [2.24, 2.45) is 4.99 Å². The van der Waals surface area contributed by atoms with E-state index in [4.69, 9.17) is 4.74 Å². The van der Waals surface area contributed by atoms with Gasteiger partial charge in [0.2, 0.25) is 5.90 Å². The topological polar surface area (TPSA) is 38.7 Å². The summed E-state index contributed by atoms with van der Waals surface area (Å²) in [5.41, 5.74) is 2.02. The molecule has 5 heteroatoms. The van der Waals surface area contributed by atoms with Crippen LogP contribution in [0.1, 0.15) is 11.1 Å². The molecule has 0 unspecified atom stereocenters. The lowest BCUT2D eigenvalue weighted by atomic mass is 10.2. The van der Waals surface area contributed by atoms with Crippen LogP contribution in [-0.4, -0.2) is 11.9 Å². The average Bonchev–Trinajstić information content (AvgIpc) is 2.83. The lowest BCUT2D eigenvalue weighted by molar-refractivity contribution is -0.129. The predicted molar refractivity (Wildman–Crippen MR) is 93.9 cm³/mol. The summed E-state index contributed by atoms with van der Waals surface area (Å²) in [7, 11) is 0. The number of halogens is 2. The van der Waals surface area contributed by atoms with Gasteiger partial charge in [0.05, 0.1) is 5.56 Å². The summed E-state index contributed by atoms with van der Waals surface area (Å²) in [4.78, 5) is 16.3. The highest BCUT2D eigenvalue weighted by Gasteiger charge is 2.25. The quantitative estimate of drug-likeness (QED) is 0.384.